The molecule has 8 heteroatoms. The minimum atomic E-state index is -0.302. The Kier molecular flexibility index (Phi) is 8.10. The number of alkyl halides is 2. The summed E-state index contributed by atoms with van der Waals surface area (Å²) in [5, 5.41) is 3.07. The van der Waals surface area contributed by atoms with Gasteiger partial charge in [-0.05, 0) is 44.8 Å². The number of rotatable bonds is 7. The Morgan fingerprint density at radius 1 is 1.36 bits per heavy atom. The molecule has 6 nitrogen and oxygen atoms in total. The lowest BCUT2D eigenvalue weighted by Gasteiger charge is -2.49. The van der Waals surface area contributed by atoms with E-state index in [1.165, 1.54) is 0 Å². The van der Waals surface area contributed by atoms with Crippen molar-refractivity contribution in [1.29, 1.82) is 0 Å². The fourth-order valence-corrected chi connectivity index (χ4v) is 4.41. The highest BCUT2D eigenvalue weighted by molar-refractivity contribution is 6.17. The third-order valence-electron chi connectivity index (χ3n) is 5.36. The van der Waals surface area contributed by atoms with Gasteiger partial charge in [0.15, 0.2) is 23.6 Å². The average Bonchev–Trinajstić information content (AvgIpc) is 2.62. The predicted octanol–water partition coefficient (Wildman–Crippen LogP) is 4.62. The number of likely N-dealkylation sites (tertiary alicyclic amines) is 1. The van der Waals surface area contributed by atoms with Crippen molar-refractivity contribution in [3.63, 3.8) is 0 Å². The van der Waals surface area contributed by atoms with Gasteiger partial charge < -0.3 is 19.7 Å². The maximum absolute atomic E-state index is 13.0. The van der Waals surface area contributed by atoms with E-state index in [-0.39, 0.29) is 35.8 Å². The maximum Gasteiger partial charge on any atom is 0.318 e. The highest BCUT2D eigenvalue weighted by atomic mass is 35.5. The molecule has 28 heavy (non-hydrogen) atoms. The topological polar surface area (TPSA) is 54.0 Å². The van der Waals surface area contributed by atoms with Crippen LogP contribution in [0, 0.1) is 5.41 Å². The zero-order valence-electron chi connectivity index (χ0n) is 17.3. The quantitative estimate of drug-likeness (QED) is 0.639. The highest BCUT2D eigenvalue weighted by Crippen LogP contribution is 2.37. The smallest absolute Gasteiger partial charge is 0.318 e. The fraction of sp³-hybridized carbons (Fsp3) is 0.650. The van der Waals surface area contributed by atoms with Crippen molar-refractivity contribution in [2.75, 3.05) is 32.8 Å². The first kappa shape index (κ1) is 22.9. The normalized spacial score (nSPS) is 20.3. The summed E-state index contributed by atoms with van der Waals surface area (Å²) in [5.41, 5.74) is 0.796. The third-order valence-corrected chi connectivity index (χ3v) is 5.58. The fourth-order valence-electron chi connectivity index (χ4n) is 4.18. The summed E-state index contributed by atoms with van der Waals surface area (Å²) in [5.74, 6) is 0.986. The molecule has 158 valence electrons. The first-order valence-corrected chi connectivity index (χ1v) is 10.5. The second kappa shape index (κ2) is 9.90. The molecule has 1 aromatic carbocycles. The molecule has 2 unspecified atom stereocenters. The van der Waals surface area contributed by atoms with Gasteiger partial charge in [-0.15, -0.1) is 0 Å². The summed E-state index contributed by atoms with van der Waals surface area (Å²) in [6.07, 6.45) is 2.25. The average molecular weight is 432 g/mol. The number of benzene rings is 1. The molecular formula is C20H31Cl2N3O3. The highest BCUT2D eigenvalue weighted by Gasteiger charge is 2.40. The van der Waals surface area contributed by atoms with Gasteiger partial charge in [-0.1, -0.05) is 49.2 Å². The lowest BCUT2D eigenvalue weighted by atomic mass is 9.80. The van der Waals surface area contributed by atoms with Gasteiger partial charge in [-0.2, -0.15) is 0 Å². The van der Waals surface area contributed by atoms with E-state index in [1.54, 1.807) is 11.0 Å². The van der Waals surface area contributed by atoms with Crippen LogP contribution in [0.15, 0.2) is 18.2 Å². The molecule has 2 rings (SSSR count). The van der Waals surface area contributed by atoms with Gasteiger partial charge in [0.2, 0.25) is 0 Å². The number of piperidine rings is 1. The van der Waals surface area contributed by atoms with Crippen molar-refractivity contribution in [2.45, 2.75) is 45.8 Å². The standard InChI is InChI=1S/C20H31Cl2N3O3/c1-14(15-8-6-9-16(27-12-21)17(15)28-13-22)23-19(26)25(5)18-20(2,3)10-7-11-24(18)4/h6,8-9,14,18H,7,10-13H2,1-5H3,(H,23,26). The Morgan fingerprint density at radius 2 is 2.04 bits per heavy atom. The first-order chi connectivity index (χ1) is 13.2. The molecule has 0 saturated carbocycles. The third kappa shape index (κ3) is 5.16. The molecule has 1 saturated heterocycles. The number of urea groups is 1. The van der Waals surface area contributed by atoms with Gasteiger partial charge in [0.05, 0.1) is 12.2 Å². The van der Waals surface area contributed by atoms with Crippen LogP contribution in [0.1, 0.15) is 45.2 Å². The Balaban J connectivity index is 2.18. The molecule has 2 amide bonds. The van der Waals surface area contributed by atoms with Crippen molar-refractivity contribution in [3.8, 4) is 11.5 Å². The Hall–Kier alpha value is -1.37. The van der Waals surface area contributed by atoms with Gasteiger partial charge in [0, 0.05) is 12.6 Å². The minimum absolute atomic E-state index is 0.00528. The first-order valence-electron chi connectivity index (χ1n) is 9.47. The van der Waals surface area contributed by atoms with Crippen LogP contribution in [0.25, 0.3) is 0 Å². The van der Waals surface area contributed by atoms with E-state index in [0.717, 1.165) is 24.9 Å². The maximum atomic E-state index is 13.0. The lowest BCUT2D eigenvalue weighted by Crippen LogP contribution is -2.59. The van der Waals surface area contributed by atoms with Crippen LogP contribution in [0.4, 0.5) is 4.79 Å². The van der Waals surface area contributed by atoms with Gasteiger partial charge >= 0.3 is 6.03 Å². The van der Waals surface area contributed by atoms with Crippen LogP contribution < -0.4 is 14.8 Å². The van der Waals surface area contributed by atoms with Gasteiger partial charge in [-0.3, -0.25) is 4.90 Å². The SMILES string of the molecule is CC(NC(=O)N(C)C1N(C)CCCC1(C)C)c1cccc(OCCl)c1OCCl. The molecule has 1 aliphatic heterocycles. The molecule has 0 spiro atoms. The number of ether oxygens (including phenoxy) is 2. The number of hydrogen-bond donors (Lipinski definition) is 1. The molecule has 0 aromatic heterocycles. The van der Waals surface area contributed by atoms with Crippen molar-refractivity contribution < 1.29 is 14.3 Å². The van der Waals surface area contributed by atoms with E-state index in [9.17, 15) is 4.79 Å². The molecule has 1 N–H and O–H groups in total. The number of nitrogens with zero attached hydrogens (tertiary/aromatic N) is 2. The predicted molar refractivity (Wildman–Crippen MR) is 113 cm³/mol. The number of hydrogen-bond acceptors (Lipinski definition) is 4. The van der Waals surface area contributed by atoms with Gasteiger partial charge in [0.25, 0.3) is 0 Å². The number of amides is 2. The summed E-state index contributed by atoms with van der Waals surface area (Å²) in [7, 11) is 3.91. The van der Waals surface area contributed by atoms with E-state index in [1.807, 2.05) is 26.1 Å². The van der Waals surface area contributed by atoms with Crippen molar-refractivity contribution in [1.82, 2.24) is 15.1 Å². The van der Waals surface area contributed by atoms with E-state index in [2.05, 4.69) is 31.1 Å². The van der Waals surface area contributed by atoms with Crippen LogP contribution in [-0.4, -0.2) is 54.8 Å². The van der Waals surface area contributed by atoms with Gasteiger partial charge in [-0.25, -0.2) is 4.79 Å². The van der Waals surface area contributed by atoms with E-state index in [0.29, 0.717) is 11.5 Å². The second-order valence-electron chi connectivity index (χ2n) is 7.91. The second-order valence-corrected chi connectivity index (χ2v) is 8.35. The molecule has 2 atom stereocenters. The van der Waals surface area contributed by atoms with Crippen molar-refractivity contribution in [3.05, 3.63) is 23.8 Å². The monoisotopic (exact) mass is 431 g/mol. The molecule has 1 heterocycles. The Morgan fingerprint density at radius 3 is 2.64 bits per heavy atom. The number of halogens is 2. The van der Waals surface area contributed by atoms with Crippen molar-refractivity contribution in [2.24, 2.45) is 5.41 Å². The summed E-state index contributed by atoms with van der Waals surface area (Å²) < 4.78 is 11.0. The largest absolute Gasteiger partial charge is 0.474 e. The van der Waals surface area contributed by atoms with Crippen LogP contribution in [0.3, 0.4) is 0 Å². The number of para-hydroxylation sites is 1. The lowest BCUT2D eigenvalue weighted by molar-refractivity contribution is -0.0231. The summed E-state index contributed by atoms with van der Waals surface area (Å²) in [6, 6.07) is 5.00. The molecule has 0 aliphatic carbocycles. The Bertz CT molecular complexity index is 672. The van der Waals surface area contributed by atoms with Crippen LogP contribution >= 0.6 is 23.2 Å². The molecule has 1 fully saturated rings. The summed E-state index contributed by atoms with van der Waals surface area (Å²) in [6.45, 7) is 7.30. The molecule has 1 aromatic rings. The Labute approximate surface area is 178 Å². The zero-order chi connectivity index (χ0) is 20.9. The minimum Gasteiger partial charge on any atom is -0.474 e. The van der Waals surface area contributed by atoms with E-state index in [4.69, 9.17) is 32.7 Å². The van der Waals surface area contributed by atoms with Crippen LogP contribution in [0.2, 0.25) is 0 Å². The van der Waals surface area contributed by atoms with E-state index >= 15 is 0 Å². The zero-order valence-corrected chi connectivity index (χ0v) is 18.8. The number of carbonyl (C=O) groups is 1. The van der Waals surface area contributed by atoms with Crippen molar-refractivity contribution >= 4 is 29.2 Å². The summed E-state index contributed by atoms with van der Waals surface area (Å²) in [4.78, 5) is 17.0. The molecule has 0 radical (unpaired) electrons. The number of carbonyl (C=O) groups excluding carboxylic acids is 1. The van der Waals surface area contributed by atoms with Gasteiger partial charge in [0.1, 0.15) is 0 Å². The summed E-state index contributed by atoms with van der Waals surface area (Å²) >= 11 is 11.5. The molecular weight excluding hydrogens is 401 g/mol. The van der Waals surface area contributed by atoms with Crippen LogP contribution in [-0.2, 0) is 0 Å². The van der Waals surface area contributed by atoms with Crippen LogP contribution in [0.5, 0.6) is 11.5 Å². The van der Waals surface area contributed by atoms with E-state index < -0.39 is 0 Å². The molecule has 0 bridgehead atoms. The number of nitrogens with one attached hydrogen (secondary N) is 1. The molecule has 1 aliphatic rings.